The maximum Gasteiger partial charge on any atom is 0.0518 e. The van der Waals surface area contributed by atoms with E-state index >= 15 is 0 Å². The van der Waals surface area contributed by atoms with Gasteiger partial charge in [0.15, 0.2) is 0 Å². The number of anilines is 6. The summed E-state index contributed by atoms with van der Waals surface area (Å²) < 4.78 is 0. The molecule has 9 atom stereocenters. The minimum Gasteiger partial charge on any atom is -0.334 e. The van der Waals surface area contributed by atoms with Crippen molar-refractivity contribution in [2.45, 2.75) is 172 Å². The van der Waals surface area contributed by atoms with E-state index in [1.165, 1.54) is 205 Å². The molecule has 3 heteroatoms. The first-order valence-electron chi connectivity index (χ1n) is 35.0. The molecule has 0 saturated heterocycles. The van der Waals surface area contributed by atoms with E-state index < -0.39 is 0 Å². The van der Waals surface area contributed by atoms with Crippen LogP contribution in [0, 0.1) is 17.8 Å². The van der Waals surface area contributed by atoms with Gasteiger partial charge in [-0.2, -0.15) is 0 Å². The van der Waals surface area contributed by atoms with E-state index in [4.69, 9.17) is 0 Å². The van der Waals surface area contributed by atoms with E-state index in [0.717, 1.165) is 0 Å². The first-order chi connectivity index (χ1) is 44.2. The van der Waals surface area contributed by atoms with Crippen molar-refractivity contribution in [3.05, 3.63) is 229 Å². The average Bonchev–Trinajstić information content (AvgIpc) is 1.65. The first kappa shape index (κ1) is 56.8. The summed E-state index contributed by atoms with van der Waals surface area (Å²) in [4.78, 5) is 8.24. The van der Waals surface area contributed by atoms with Crippen LogP contribution in [0.25, 0.3) is 76.8 Å². The predicted molar refractivity (Wildman–Crippen MR) is 388 cm³/mol. The number of fused-ring (bicyclic) bond motifs is 9. The Morgan fingerprint density at radius 1 is 0.308 bits per heavy atom. The van der Waals surface area contributed by atoms with E-state index in [9.17, 15) is 0 Å². The molecule has 17 rings (SSSR count). The van der Waals surface area contributed by atoms with E-state index in [2.05, 4.69) is 289 Å². The Bertz CT molecular complexity index is 4510. The van der Waals surface area contributed by atoms with Crippen molar-refractivity contribution < 1.29 is 0 Å². The van der Waals surface area contributed by atoms with Crippen LogP contribution in [0.1, 0.15) is 156 Å². The second-order valence-corrected chi connectivity index (χ2v) is 30.5. The number of hydrogen-bond acceptors (Lipinski definition) is 3. The normalized spacial score (nSPS) is 28.1. The summed E-state index contributed by atoms with van der Waals surface area (Å²) in [5.74, 6) is 2.07. The standard InChI is InChI=1S/C88H89N3/c1-10-57-43-46-86(7)83(4,54-57)75-49-61(33-40-78(75)89(86)64-27-19-14-20-28-64)72-52-71(60-25-17-13-18-26-60)67-36-37-69-73(62-34-41-79-76(50-62)84(5)55-58(11-2)44-47-87(84,8)90(79)65-29-21-15-22-30-65)53-74(70-39-38-68(72)81(67)82(69)70)63-35-42-80-77(51-63)85(6)56-59(12-3)45-48-88(85,9)91(80)66-31-23-16-24-32-66/h13-42,49-53,57-59H,10-12,43-48,54-56H2,1-9H3. The molecule has 0 aromatic heterocycles. The van der Waals surface area contributed by atoms with Gasteiger partial charge >= 0.3 is 0 Å². The Balaban J connectivity index is 0.943. The Kier molecular flexibility index (Phi) is 12.8. The van der Waals surface area contributed by atoms with Gasteiger partial charge in [0.25, 0.3) is 0 Å². The van der Waals surface area contributed by atoms with Crippen LogP contribution in [0.5, 0.6) is 0 Å². The fourth-order valence-electron chi connectivity index (χ4n) is 20.7. The summed E-state index contributed by atoms with van der Waals surface area (Å²) in [5.41, 5.74) is 22.6. The molecule has 3 fully saturated rings. The van der Waals surface area contributed by atoms with Gasteiger partial charge in [0.1, 0.15) is 0 Å². The highest BCUT2D eigenvalue weighted by Gasteiger charge is 2.62. The van der Waals surface area contributed by atoms with Crippen LogP contribution >= 0.6 is 0 Å². The molecule has 3 saturated carbocycles. The van der Waals surface area contributed by atoms with Crippen molar-refractivity contribution >= 4 is 66.4 Å². The van der Waals surface area contributed by atoms with E-state index in [0.29, 0.717) is 17.8 Å². The van der Waals surface area contributed by atoms with Crippen molar-refractivity contribution in [3.8, 4) is 44.5 Å². The molecule has 3 aliphatic carbocycles. The highest BCUT2D eigenvalue weighted by atomic mass is 15.3. The third-order valence-corrected chi connectivity index (χ3v) is 26.4. The number of nitrogens with zero attached hydrogens (tertiary/aromatic N) is 3. The van der Waals surface area contributed by atoms with Crippen LogP contribution in [-0.4, -0.2) is 16.6 Å². The van der Waals surface area contributed by atoms with Gasteiger partial charge in [-0.1, -0.05) is 188 Å². The quantitative estimate of drug-likeness (QED) is 0.126. The zero-order valence-electron chi connectivity index (χ0n) is 55.3. The third-order valence-electron chi connectivity index (χ3n) is 26.4. The summed E-state index contributed by atoms with van der Waals surface area (Å²) in [7, 11) is 0. The molecule has 0 amide bonds. The van der Waals surface area contributed by atoms with E-state index in [1.807, 2.05) is 0 Å². The molecular formula is C88H89N3. The molecule has 11 aromatic carbocycles. The van der Waals surface area contributed by atoms with Crippen LogP contribution in [0.2, 0.25) is 0 Å². The second-order valence-electron chi connectivity index (χ2n) is 30.5. The molecule has 0 radical (unpaired) electrons. The van der Waals surface area contributed by atoms with Crippen LogP contribution in [0.3, 0.4) is 0 Å². The van der Waals surface area contributed by atoms with Crippen LogP contribution in [0.15, 0.2) is 212 Å². The van der Waals surface area contributed by atoms with E-state index in [-0.39, 0.29) is 32.9 Å². The summed E-state index contributed by atoms with van der Waals surface area (Å²) in [6.07, 6.45) is 14.5. The highest BCUT2D eigenvalue weighted by molar-refractivity contribution is 6.32. The molecule has 0 N–H and O–H groups in total. The Labute approximate surface area is 541 Å². The predicted octanol–water partition coefficient (Wildman–Crippen LogP) is 24.4. The van der Waals surface area contributed by atoms with Crippen LogP contribution in [0.4, 0.5) is 34.1 Å². The molecule has 0 bridgehead atoms. The molecule has 91 heavy (non-hydrogen) atoms. The highest BCUT2D eigenvalue weighted by Crippen LogP contribution is 2.67. The molecule has 0 spiro atoms. The van der Waals surface area contributed by atoms with Gasteiger partial charge in [-0.3, -0.25) is 0 Å². The summed E-state index contributed by atoms with van der Waals surface area (Å²) in [6.45, 7) is 22.9. The average molecular weight is 1190 g/mol. The van der Waals surface area contributed by atoms with Crippen LogP contribution < -0.4 is 14.7 Å². The lowest BCUT2D eigenvalue weighted by molar-refractivity contribution is 0.143. The monoisotopic (exact) mass is 1190 g/mol. The van der Waals surface area contributed by atoms with Gasteiger partial charge < -0.3 is 14.7 Å². The molecule has 3 aliphatic heterocycles. The fourth-order valence-corrected chi connectivity index (χ4v) is 20.7. The zero-order valence-corrected chi connectivity index (χ0v) is 55.3. The van der Waals surface area contributed by atoms with Gasteiger partial charge in [0.2, 0.25) is 0 Å². The topological polar surface area (TPSA) is 9.72 Å². The lowest BCUT2D eigenvalue weighted by Crippen LogP contribution is -2.56. The second kappa shape index (κ2) is 20.4. The molecule has 3 nitrogen and oxygen atoms in total. The number of para-hydroxylation sites is 3. The maximum atomic E-state index is 2.75. The molecular weight excluding hydrogens is 1100 g/mol. The van der Waals surface area contributed by atoms with Crippen molar-refractivity contribution in [3.63, 3.8) is 0 Å². The smallest absolute Gasteiger partial charge is 0.0518 e. The fraction of sp³-hybridized carbons (Fsp3) is 0.341. The van der Waals surface area contributed by atoms with Crippen molar-refractivity contribution in [1.82, 2.24) is 0 Å². The Hall–Kier alpha value is -8.14. The molecule has 6 aliphatic rings. The van der Waals surface area contributed by atoms with Crippen molar-refractivity contribution in [2.75, 3.05) is 14.7 Å². The zero-order chi connectivity index (χ0) is 62.0. The largest absolute Gasteiger partial charge is 0.334 e. The van der Waals surface area contributed by atoms with Gasteiger partial charge in [-0.25, -0.2) is 0 Å². The minimum absolute atomic E-state index is 0.0436. The Morgan fingerprint density at radius 3 is 0.868 bits per heavy atom. The maximum absolute atomic E-state index is 2.75. The van der Waals surface area contributed by atoms with Gasteiger partial charge in [-0.05, 0) is 275 Å². The number of benzene rings is 11. The number of rotatable bonds is 10. The molecule has 456 valence electrons. The van der Waals surface area contributed by atoms with Gasteiger partial charge in [0, 0.05) is 50.4 Å². The molecule has 9 unspecified atom stereocenters. The van der Waals surface area contributed by atoms with E-state index in [1.54, 1.807) is 0 Å². The van der Waals surface area contributed by atoms with Crippen molar-refractivity contribution in [1.29, 1.82) is 0 Å². The Morgan fingerprint density at radius 2 is 0.582 bits per heavy atom. The molecule has 11 aromatic rings. The van der Waals surface area contributed by atoms with Crippen molar-refractivity contribution in [2.24, 2.45) is 17.8 Å². The third kappa shape index (κ3) is 7.79. The minimum atomic E-state index is -0.0697. The lowest BCUT2D eigenvalue weighted by Gasteiger charge is -2.52. The van der Waals surface area contributed by atoms with Crippen LogP contribution in [-0.2, 0) is 16.2 Å². The number of hydrogen-bond donors (Lipinski definition) is 0. The van der Waals surface area contributed by atoms with Gasteiger partial charge in [0.05, 0.1) is 16.6 Å². The first-order valence-corrected chi connectivity index (χ1v) is 35.0. The van der Waals surface area contributed by atoms with Gasteiger partial charge in [-0.15, -0.1) is 0 Å². The molecule has 3 heterocycles. The summed E-state index contributed by atoms with van der Waals surface area (Å²) in [6, 6.07) is 83.5. The lowest BCUT2D eigenvalue weighted by atomic mass is 9.58. The summed E-state index contributed by atoms with van der Waals surface area (Å²) >= 11 is 0. The summed E-state index contributed by atoms with van der Waals surface area (Å²) in [5, 5.41) is 8.02. The SMILES string of the molecule is CCC1CCC2(C)N(c3ccccc3)c3ccc(-c4cc(-c5ccccc5)c5ccc6c(-c7ccc8c(c7)C7(C)CC(CC)CCC7(C)N8c7ccccc7)cc(-c7ccc8c(c7)C7(C)CC(CC)CCC7(C)N8c7ccccc7)c7ccc4c5c67)cc3C2(C)C1.